The van der Waals surface area contributed by atoms with Gasteiger partial charge in [0.15, 0.2) is 5.16 Å². The Morgan fingerprint density at radius 2 is 1.86 bits per heavy atom. The van der Waals surface area contributed by atoms with Gasteiger partial charge in [-0.25, -0.2) is 14.4 Å². The number of hydrogen-bond acceptors (Lipinski definition) is 5. The second kappa shape index (κ2) is 7.26. The van der Waals surface area contributed by atoms with E-state index >= 15 is 0 Å². The molecule has 0 radical (unpaired) electrons. The minimum atomic E-state index is -0.230. The average Bonchev–Trinajstić information content (AvgIpc) is 2.48. The molecule has 1 atom stereocenters. The van der Waals surface area contributed by atoms with Crippen LogP contribution in [0.4, 0.5) is 16.0 Å². The molecular formula is C15H19FN4S. The Balaban J connectivity index is 2.17. The number of nitrogens with zero attached hydrogens (tertiary/aromatic N) is 2. The van der Waals surface area contributed by atoms with E-state index < -0.39 is 0 Å². The van der Waals surface area contributed by atoms with Crippen LogP contribution in [0.1, 0.15) is 25.5 Å². The van der Waals surface area contributed by atoms with Crippen molar-refractivity contribution in [3.8, 4) is 0 Å². The normalized spacial score (nSPS) is 12.0. The number of anilines is 2. The van der Waals surface area contributed by atoms with Gasteiger partial charge in [-0.15, -0.1) is 0 Å². The van der Waals surface area contributed by atoms with Gasteiger partial charge in [-0.3, -0.25) is 0 Å². The molecule has 0 aliphatic carbocycles. The average molecular weight is 306 g/mol. The van der Waals surface area contributed by atoms with E-state index in [1.807, 2.05) is 26.2 Å². The van der Waals surface area contributed by atoms with Crippen molar-refractivity contribution < 1.29 is 4.39 Å². The maximum atomic E-state index is 13.0. The third-order valence-corrected chi connectivity index (χ3v) is 3.53. The van der Waals surface area contributed by atoms with Gasteiger partial charge in [0.05, 0.1) is 0 Å². The largest absolute Gasteiger partial charge is 0.370 e. The molecule has 0 aliphatic rings. The number of thioether (sulfide) groups is 1. The molecule has 0 fully saturated rings. The molecule has 2 rings (SSSR count). The van der Waals surface area contributed by atoms with Crippen molar-refractivity contribution in [2.45, 2.75) is 25.0 Å². The predicted molar refractivity (Wildman–Crippen MR) is 86.4 cm³/mol. The summed E-state index contributed by atoms with van der Waals surface area (Å²) < 4.78 is 13.0. The molecular weight excluding hydrogens is 287 g/mol. The molecule has 0 saturated carbocycles. The van der Waals surface area contributed by atoms with Crippen LogP contribution in [-0.4, -0.2) is 22.8 Å². The maximum Gasteiger partial charge on any atom is 0.191 e. The first-order valence-electron chi connectivity index (χ1n) is 6.81. The number of hydrogen-bond donors (Lipinski definition) is 2. The van der Waals surface area contributed by atoms with E-state index in [1.54, 1.807) is 12.1 Å². The quantitative estimate of drug-likeness (QED) is 0.625. The molecule has 1 heterocycles. The summed E-state index contributed by atoms with van der Waals surface area (Å²) in [5, 5.41) is 7.22. The Kier molecular flexibility index (Phi) is 5.38. The van der Waals surface area contributed by atoms with Gasteiger partial charge in [-0.1, -0.05) is 23.9 Å². The van der Waals surface area contributed by atoms with E-state index in [4.69, 9.17) is 0 Å². The highest BCUT2D eigenvalue weighted by Gasteiger charge is 2.09. The Morgan fingerprint density at radius 3 is 2.48 bits per heavy atom. The van der Waals surface area contributed by atoms with Crippen LogP contribution in [-0.2, 0) is 0 Å². The van der Waals surface area contributed by atoms with Crippen molar-refractivity contribution in [2.75, 3.05) is 23.4 Å². The minimum Gasteiger partial charge on any atom is -0.370 e. The van der Waals surface area contributed by atoms with Crippen LogP contribution in [0.3, 0.4) is 0 Å². The molecule has 0 saturated heterocycles. The molecule has 1 aromatic heterocycles. The van der Waals surface area contributed by atoms with Crippen LogP contribution in [0.25, 0.3) is 0 Å². The van der Waals surface area contributed by atoms with Gasteiger partial charge in [0, 0.05) is 18.7 Å². The number of benzene rings is 1. The molecule has 0 aliphatic heterocycles. The molecule has 2 N–H and O–H groups in total. The van der Waals surface area contributed by atoms with Gasteiger partial charge in [0.1, 0.15) is 17.5 Å². The zero-order valence-electron chi connectivity index (χ0n) is 12.4. The van der Waals surface area contributed by atoms with Crippen LogP contribution in [0.5, 0.6) is 0 Å². The second-order valence-electron chi connectivity index (χ2n) is 4.57. The highest BCUT2D eigenvalue weighted by molar-refractivity contribution is 7.98. The van der Waals surface area contributed by atoms with Crippen LogP contribution >= 0.6 is 11.8 Å². The fourth-order valence-corrected chi connectivity index (χ4v) is 2.30. The fraction of sp³-hybridized carbons (Fsp3) is 0.333. The third kappa shape index (κ3) is 4.32. The molecule has 0 bridgehead atoms. The number of nitrogens with one attached hydrogen (secondary N) is 2. The number of halogens is 1. The molecule has 2 aromatic rings. The summed E-state index contributed by atoms with van der Waals surface area (Å²) in [5.74, 6) is 1.32. The lowest BCUT2D eigenvalue weighted by molar-refractivity contribution is 0.626. The molecule has 6 heteroatoms. The van der Waals surface area contributed by atoms with Crippen molar-refractivity contribution in [3.05, 3.63) is 41.7 Å². The Morgan fingerprint density at radius 1 is 1.19 bits per heavy atom. The van der Waals surface area contributed by atoms with E-state index in [0.29, 0.717) is 5.16 Å². The first-order chi connectivity index (χ1) is 10.1. The Hall–Kier alpha value is -1.82. The van der Waals surface area contributed by atoms with Crippen LogP contribution < -0.4 is 10.6 Å². The van der Waals surface area contributed by atoms with Gasteiger partial charge in [-0.05, 0) is 37.8 Å². The lowest BCUT2D eigenvalue weighted by Gasteiger charge is -2.16. The summed E-state index contributed by atoms with van der Waals surface area (Å²) in [6.07, 6.45) is 1.94. The summed E-state index contributed by atoms with van der Waals surface area (Å²) in [5.41, 5.74) is 1.01. The van der Waals surface area contributed by atoms with E-state index in [9.17, 15) is 4.39 Å². The van der Waals surface area contributed by atoms with Crippen molar-refractivity contribution in [1.29, 1.82) is 0 Å². The Bertz CT molecular complexity index is 589. The summed E-state index contributed by atoms with van der Waals surface area (Å²) in [6, 6.07) is 8.38. The van der Waals surface area contributed by atoms with E-state index in [0.717, 1.165) is 23.7 Å². The van der Waals surface area contributed by atoms with Gasteiger partial charge in [0.2, 0.25) is 0 Å². The SMILES string of the molecule is CCNc1cc(NC(C)c2ccc(F)cc2)nc(SC)n1. The summed E-state index contributed by atoms with van der Waals surface area (Å²) in [6.45, 7) is 4.84. The number of rotatable bonds is 6. The summed E-state index contributed by atoms with van der Waals surface area (Å²) in [7, 11) is 0. The van der Waals surface area contributed by atoms with Crippen molar-refractivity contribution >= 4 is 23.4 Å². The molecule has 1 aromatic carbocycles. The fourth-order valence-electron chi connectivity index (χ4n) is 1.92. The monoisotopic (exact) mass is 306 g/mol. The van der Waals surface area contributed by atoms with E-state index in [2.05, 4.69) is 20.6 Å². The predicted octanol–water partition coefficient (Wildman–Crippen LogP) is 3.94. The van der Waals surface area contributed by atoms with Gasteiger partial charge < -0.3 is 10.6 Å². The third-order valence-electron chi connectivity index (χ3n) is 2.98. The van der Waals surface area contributed by atoms with Crippen molar-refractivity contribution in [2.24, 2.45) is 0 Å². The molecule has 0 spiro atoms. The molecule has 21 heavy (non-hydrogen) atoms. The summed E-state index contributed by atoms with van der Waals surface area (Å²) in [4.78, 5) is 8.83. The molecule has 112 valence electrons. The van der Waals surface area contributed by atoms with Crippen LogP contribution in [0.15, 0.2) is 35.5 Å². The van der Waals surface area contributed by atoms with E-state index in [1.165, 1.54) is 23.9 Å². The lowest BCUT2D eigenvalue weighted by Crippen LogP contribution is -2.10. The molecule has 1 unspecified atom stereocenters. The summed E-state index contributed by atoms with van der Waals surface area (Å²) >= 11 is 1.50. The smallest absolute Gasteiger partial charge is 0.191 e. The second-order valence-corrected chi connectivity index (χ2v) is 5.35. The van der Waals surface area contributed by atoms with Gasteiger partial charge in [0.25, 0.3) is 0 Å². The highest BCUT2D eigenvalue weighted by atomic mass is 32.2. The van der Waals surface area contributed by atoms with Crippen LogP contribution in [0, 0.1) is 5.82 Å². The first kappa shape index (κ1) is 15.6. The van der Waals surface area contributed by atoms with Gasteiger partial charge in [-0.2, -0.15) is 0 Å². The van der Waals surface area contributed by atoms with Crippen molar-refractivity contribution in [1.82, 2.24) is 9.97 Å². The topological polar surface area (TPSA) is 49.8 Å². The van der Waals surface area contributed by atoms with E-state index in [-0.39, 0.29) is 11.9 Å². The number of aromatic nitrogens is 2. The zero-order chi connectivity index (χ0) is 15.2. The Labute approximate surface area is 128 Å². The highest BCUT2D eigenvalue weighted by Crippen LogP contribution is 2.22. The van der Waals surface area contributed by atoms with Crippen molar-refractivity contribution in [3.63, 3.8) is 0 Å². The maximum absolute atomic E-state index is 13.0. The first-order valence-corrected chi connectivity index (χ1v) is 8.03. The molecule has 0 amide bonds. The van der Waals surface area contributed by atoms with Crippen LogP contribution in [0.2, 0.25) is 0 Å². The zero-order valence-corrected chi connectivity index (χ0v) is 13.2. The lowest BCUT2D eigenvalue weighted by atomic mass is 10.1. The standard InChI is InChI=1S/C15H19FN4S/c1-4-17-13-9-14(20-15(19-13)21-3)18-10(2)11-5-7-12(16)8-6-11/h5-10H,4H2,1-3H3,(H2,17,18,19,20). The minimum absolute atomic E-state index is 0.0321. The van der Waals surface area contributed by atoms with Gasteiger partial charge >= 0.3 is 0 Å². The molecule has 4 nitrogen and oxygen atoms in total.